The molecule has 1 aliphatic heterocycles. The largest absolute Gasteiger partial charge is 0.505 e. The predicted octanol–water partition coefficient (Wildman–Crippen LogP) is 4.23. The summed E-state index contributed by atoms with van der Waals surface area (Å²) in [6, 6.07) is 13.6. The Kier molecular flexibility index (Phi) is 7.40. The Morgan fingerprint density at radius 2 is 1.76 bits per heavy atom. The molecule has 0 aliphatic carbocycles. The van der Waals surface area contributed by atoms with Crippen LogP contribution in [0.5, 0.6) is 5.75 Å². The van der Waals surface area contributed by atoms with E-state index >= 15 is 0 Å². The first-order valence-corrected chi connectivity index (χ1v) is 15.1. The molecule has 1 aromatic heterocycles. The van der Waals surface area contributed by atoms with Gasteiger partial charge in [-0.15, -0.1) is 0 Å². The van der Waals surface area contributed by atoms with E-state index < -0.39 is 27.7 Å². The van der Waals surface area contributed by atoms with Gasteiger partial charge in [0.1, 0.15) is 11.3 Å². The molecule has 0 unspecified atom stereocenters. The standard InChI is InChI=1S/C31H31FN4O5S/c1-18-6-8-19(9-7-18)12-20-13-24-27(33-15-20)29(37)26-25(28(24)35(4)42(5,40)41)17-36(31(26)39)16-21-10-11-22(32)14-23(21)30(38)34(2)3/h6-11,13-15,37H,12,16-17H2,1-5H3. The normalized spacial score (nSPS) is 13.0. The highest BCUT2D eigenvalue weighted by Gasteiger charge is 2.37. The molecule has 2 heterocycles. The number of carbonyl (C=O) groups excluding carboxylic acids is 2. The summed E-state index contributed by atoms with van der Waals surface area (Å²) in [7, 11) is 0.709. The predicted molar refractivity (Wildman–Crippen MR) is 159 cm³/mol. The molecule has 0 bridgehead atoms. The van der Waals surface area contributed by atoms with E-state index in [-0.39, 0.29) is 41.2 Å². The number of rotatable bonds is 7. The number of aromatic hydroxyl groups is 1. The van der Waals surface area contributed by atoms with Crippen LogP contribution in [0.4, 0.5) is 10.1 Å². The van der Waals surface area contributed by atoms with Crippen molar-refractivity contribution in [3.05, 3.63) is 99.5 Å². The average molecular weight is 591 g/mol. The van der Waals surface area contributed by atoms with Crippen molar-refractivity contribution in [1.82, 2.24) is 14.8 Å². The minimum atomic E-state index is -3.78. The third-order valence-electron chi connectivity index (χ3n) is 7.51. The number of aryl methyl sites for hydroxylation is 1. The van der Waals surface area contributed by atoms with E-state index in [4.69, 9.17) is 0 Å². The maximum atomic E-state index is 14.1. The summed E-state index contributed by atoms with van der Waals surface area (Å²) in [4.78, 5) is 33.7. The number of pyridine rings is 1. The molecule has 3 aromatic carbocycles. The number of benzene rings is 3. The van der Waals surface area contributed by atoms with Gasteiger partial charge in [-0.3, -0.25) is 18.9 Å². The summed E-state index contributed by atoms with van der Waals surface area (Å²) in [5, 5.41) is 11.7. The fourth-order valence-electron chi connectivity index (χ4n) is 5.25. The van der Waals surface area contributed by atoms with E-state index in [2.05, 4.69) is 4.98 Å². The number of anilines is 1. The molecule has 0 saturated heterocycles. The van der Waals surface area contributed by atoms with Crippen LogP contribution in [0, 0.1) is 12.7 Å². The molecule has 0 atom stereocenters. The van der Waals surface area contributed by atoms with Crippen molar-refractivity contribution in [2.75, 3.05) is 31.7 Å². The molecule has 0 fully saturated rings. The van der Waals surface area contributed by atoms with E-state index in [1.165, 1.54) is 29.0 Å². The number of sulfonamides is 1. The Bertz CT molecular complexity index is 1860. The number of aromatic nitrogens is 1. The van der Waals surface area contributed by atoms with Crippen LogP contribution < -0.4 is 4.31 Å². The summed E-state index contributed by atoms with van der Waals surface area (Å²) >= 11 is 0. The average Bonchev–Trinajstić information content (AvgIpc) is 3.25. The third kappa shape index (κ3) is 5.27. The molecular weight excluding hydrogens is 559 g/mol. The van der Waals surface area contributed by atoms with Crippen LogP contribution in [0.2, 0.25) is 0 Å². The van der Waals surface area contributed by atoms with Crippen LogP contribution in [0.1, 0.15) is 48.5 Å². The fraction of sp³-hybridized carbons (Fsp3) is 0.258. The van der Waals surface area contributed by atoms with Gasteiger partial charge in [-0.05, 0) is 48.2 Å². The lowest BCUT2D eigenvalue weighted by Gasteiger charge is -2.23. The van der Waals surface area contributed by atoms with Crippen molar-refractivity contribution in [2.24, 2.45) is 0 Å². The first-order valence-electron chi connectivity index (χ1n) is 13.2. The monoisotopic (exact) mass is 590 g/mol. The number of phenolic OH excluding ortho intramolecular Hbond substituents is 1. The molecule has 4 aromatic rings. The lowest BCUT2D eigenvalue weighted by molar-refractivity contribution is 0.0755. The highest BCUT2D eigenvalue weighted by molar-refractivity contribution is 7.92. The third-order valence-corrected chi connectivity index (χ3v) is 8.69. The second kappa shape index (κ2) is 10.7. The molecule has 11 heteroatoms. The van der Waals surface area contributed by atoms with Gasteiger partial charge in [-0.1, -0.05) is 35.9 Å². The molecule has 1 aliphatic rings. The van der Waals surface area contributed by atoms with Gasteiger partial charge in [0.2, 0.25) is 10.0 Å². The van der Waals surface area contributed by atoms with Crippen LogP contribution in [0.3, 0.4) is 0 Å². The SMILES string of the molecule is Cc1ccc(Cc2cnc3c(O)c4c(c(N(C)S(C)(=O)=O)c3c2)CN(Cc2ccc(F)cc2C(=O)N(C)C)C4=O)cc1. The lowest BCUT2D eigenvalue weighted by Crippen LogP contribution is -2.28. The van der Waals surface area contributed by atoms with Crippen LogP contribution in [-0.2, 0) is 29.5 Å². The number of nitrogens with zero attached hydrogens (tertiary/aromatic N) is 4. The Morgan fingerprint density at radius 1 is 1.07 bits per heavy atom. The van der Waals surface area contributed by atoms with E-state index in [9.17, 15) is 27.5 Å². The van der Waals surface area contributed by atoms with Crippen LogP contribution >= 0.6 is 0 Å². The topological polar surface area (TPSA) is 111 Å². The summed E-state index contributed by atoms with van der Waals surface area (Å²) in [6.45, 7) is 1.90. The van der Waals surface area contributed by atoms with Crippen molar-refractivity contribution in [3.63, 3.8) is 0 Å². The van der Waals surface area contributed by atoms with Gasteiger partial charge in [0.05, 0.1) is 17.5 Å². The van der Waals surface area contributed by atoms with E-state index in [1.54, 1.807) is 26.4 Å². The summed E-state index contributed by atoms with van der Waals surface area (Å²) < 4.78 is 40.8. The van der Waals surface area contributed by atoms with Gasteiger partial charge in [-0.2, -0.15) is 0 Å². The number of amides is 2. The molecule has 218 valence electrons. The molecule has 2 amide bonds. The van der Waals surface area contributed by atoms with Gasteiger partial charge >= 0.3 is 0 Å². The van der Waals surface area contributed by atoms with Crippen molar-refractivity contribution >= 4 is 38.4 Å². The fourth-order valence-corrected chi connectivity index (χ4v) is 5.79. The molecule has 5 rings (SSSR count). The Balaban J connectivity index is 1.63. The highest BCUT2D eigenvalue weighted by Crippen LogP contribution is 2.45. The number of hydrogen-bond donors (Lipinski definition) is 1. The van der Waals surface area contributed by atoms with Crippen molar-refractivity contribution in [3.8, 4) is 5.75 Å². The summed E-state index contributed by atoms with van der Waals surface area (Å²) in [5.41, 5.74) is 4.11. The number of phenols is 1. The van der Waals surface area contributed by atoms with Gasteiger partial charge in [0.15, 0.2) is 5.75 Å². The Labute approximate surface area is 243 Å². The van der Waals surface area contributed by atoms with E-state index in [0.717, 1.165) is 33.3 Å². The maximum Gasteiger partial charge on any atom is 0.258 e. The molecule has 0 radical (unpaired) electrons. The summed E-state index contributed by atoms with van der Waals surface area (Å²) in [6.07, 6.45) is 3.20. The smallest absolute Gasteiger partial charge is 0.258 e. The molecule has 1 N–H and O–H groups in total. The van der Waals surface area contributed by atoms with Crippen molar-refractivity contribution in [2.45, 2.75) is 26.4 Å². The summed E-state index contributed by atoms with van der Waals surface area (Å²) in [5.74, 6) is -1.91. The number of hydrogen-bond acceptors (Lipinski definition) is 6. The minimum Gasteiger partial charge on any atom is -0.505 e. The van der Waals surface area contributed by atoms with Gasteiger partial charge < -0.3 is 14.9 Å². The second-order valence-corrected chi connectivity index (χ2v) is 12.9. The zero-order chi connectivity index (χ0) is 30.5. The molecular formula is C31H31FN4O5S. The Morgan fingerprint density at radius 3 is 2.40 bits per heavy atom. The molecule has 0 spiro atoms. The number of halogens is 1. The minimum absolute atomic E-state index is 0.0397. The van der Waals surface area contributed by atoms with Crippen LogP contribution in [0.25, 0.3) is 10.9 Å². The van der Waals surface area contributed by atoms with E-state index in [1.807, 2.05) is 31.2 Å². The van der Waals surface area contributed by atoms with Crippen molar-refractivity contribution in [1.29, 1.82) is 0 Å². The van der Waals surface area contributed by atoms with E-state index in [0.29, 0.717) is 22.9 Å². The lowest BCUT2D eigenvalue weighted by atomic mass is 9.98. The zero-order valence-corrected chi connectivity index (χ0v) is 24.8. The second-order valence-electron chi connectivity index (χ2n) is 10.8. The van der Waals surface area contributed by atoms with Gasteiger partial charge in [0.25, 0.3) is 11.8 Å². The van der Waals surface area contributed by atoms with Crippen molar-refractivity contribution < 1.29 is 27.5 Å². The maximum absolute atomic E-state index is 14.1. The molecule has 0 saturated carbocycles. The zero-order valence-electron chi connectivity index (χ0n) is 24.0. The Hall–Kier alpha value is -4.51. The molecule has 9 nitrogen and oxygen atoms in total. The number of carbonyl (C=O) groups is 2. The number of fused-ring (bicyclic) bond motifs is 2. The first-order chi connectivity index (χ1) is 19.8. The van der Waals surface area contributed by atoms with Crippen LogP contribution in [-0.4, -0.2) is 67.5 Å². The highest BCUT2D eigenvalue weighted by atomic mass is 32.2. The van der Waals surface area contributed by atoms with Gasteiger partial charge in [0, 0.05) is 56.9 Å². The van der Waals surface area contributed by atoms with Gasteiger partial charge in [-0.25, -0.2) is 12.8 Å². The first kappa shape index (κ1) is 29.0. The van der Waals surface area contributed by atoms with Crippen LogP contribution in [0.15, 0.2) is 54.7 Å². The molecule has 42 heavy (non-hydrogen) atoms. The quantitative estimate of drug-likeness (QED) is 0.345.